The van der Waals surface area contributed by atoms with Crippen molar-refractivity contribution < 1.29 is 18.5 Å². The highest BCUT2D eigenvalue weighted by atomic mass is 19.1. The maximum Gasteiger partial charge on any atom is 0.293 e. The number of hydrogen-bond donors (Lipinski definition) is 1. The Bertz CT molecular complexity index is 883. The smallest absolute Gasteiger partial charge is 0.293 e. The number of carbonyl (C=O) groups is 1. The molecule has 1 amide bonds. The van der Waals surface area contributed by atoms with Gasteiger partial charge in [0.2, 0.25) is 0 Å². The molecular formula is C18H18F2N4O3. The predicted molar refractivity (Wildman–Crippen MR) is 97.1 cm³/mol. The van der Waals surface area contributed by atoms with E-state index in [0.29, 0.717) is 18.8 Å². The summed E-state index contributed by atoms with van der Waals surface area (Å²) in [6.45, 7) is 2.82. The lowest BCUT2D eigenvalue weighted by atomic mass is 10.1. The van der Waals surface area contributed by atoms with Gasteiger partial charge in [-0.3, -0.25) is 14.9 Å². The zero-order valence-electron chi connectivity index (χ0n) is 14.6. The first-order chi connectivity index (χ1) is 12.8. The van der Waals surface area contributed by atoms with Crippen molar-refractivity contribution in [2.75, 3.05) is 43.4 Å². The van der Waals surface area contributed by atoms with Gasteiger partial charge in [-0.25, -0.2) is 8.78 Å². The number of carbonyl (C=O) groups excluding carboxylic acids is 1. The van der Waals surface area contributed by atoms with Gasteiger partial charge in [0.05, 0.1) is 10.6 Å². The molecule has 0 unspecified atom stereocenters. The minimum atomic E-state index is -0.798. The lowest BCUT2D eigenvalue weighted by Crippen LogP contribution is -2.44. The average Bonchev–Trinajstić information content (AvgIpc) is 2.65. The average molecular weight is 376 g/mol. The van der Waals surface area contributed by atoms with E-state index in [1.165, 1.54) is 12.1 Å². The van der Waals surface area contributed by atoms with E-state index in [0.717, 1.165) is 37.4 Å². The number of rotatable bonds is 4. The van der Waals surface area contributed by atoms with Crippen LogP contribution in [0.1, 0.15) is 10.4 Å². The number of amides is 1. The molecule has 1 N–H and O–H groups in total. The SMILES string of the molecule is CN1CCN(c2ccc(C(=O)Nc3cc(F)ccc3F)cc2[N+](=O)[O-])CC1. The fourth-order valence-electron chi connectivity index (χ4n) is 2.91. The van der Waals surface area contributed by atoms with Gasteiger partial charge >= 0.3 is 0 Å². The summed E-state index contributed by atoms with van der Waals surface area (Å²) in [6, 6.07) is 6.78. The van der Waals surface area contributed by atoms with Crippen molar-refractivity contribution in [3.05, 3.63) is 63.7 Å². The largest absolute Gasteiger partial charge is 0.363 e. The number of nitrogens with zero attached hydrogens (tertiary/aromatic N) is 3. The van der Waals surface area contributed by atoms with Gasteiger partial charge in [-0.1, -0.05) is 0 Å². The van der Waals surface area contributed by atoms with E-state index in [4.69, 9.17) is 0 Å². The fourth-order valence-corrected chi connectivity index (χ4v) is 2.91. The van der Waals surface area contributed by atoms with Gasteiger partial charge < -0.3 is 15.1 Å². The second-order valence-corrected chi connectivity index (χ2v) is 6.33. The number of piperazine rings is 1. The molecule has 2 aromatic rings. The molecule has 1 fully saturated rings. The third-order valence-corrected chi connectivity index (χ3v) is 4.45. The van der Waals surface area contributed by atoms with Gasteiger partial charge in [0.25, 0.3) is 11.6 Å². The van der Waals surface area contributed by atoms with Crippen LogP contribution in [0.25, 0.3) is 0 Å². The van der Waals surface area contributed by atoms with Crippen molar-refractivity contribution in [3.63, 3.8) is 0 Å². The van der Waals surface area contributed by atoms with Crippen molar-refractivity contribution in [1.82, 2.24) is 4.90 Å². The molecular weight excluding hydrogens is 358 g/mol. The maximum absolute atomic E-state index is 13.7. The second-order valence-electron chi connectivity index (χ2n) is 6.33. The standard InChI is InChI=1S/C18H18F2N4O3/c1-22-6-8-23(9-7-22)16-5-2-12(10-17(16)24(26)27)18(25)21-15-11-13(19)3-4-14(15)20/h2-5,10-11H,6-9H2,1H3,(H,21,25). The Morgan fingerprint density at radius 3 is 2.48 bits per heavy atom. The molecule has 2 aromatic carbocycles. The molecule has 1 heterocycles. The number of nitrogens with one attached hydrogen (secondary N) is 1. The van der Waals surface area contributed by atoms with E-state index in [9.17, 15) is 23.7 Å². The topological polar surface area (TPSA) is 78.7 Å². The summed E-state index contributed by atoms with van der Waals surface area (Å²) in [7, 11) is 1.98. The van der Waals surface area contributed by atoms with Crippen molar-refractivity contribution in [3.8, 4) is 0 Å². The van der Waals surface area contributed by atoms with Crippen molar-refractivity contribution in [2.24, 2.45) is 0 Å². The van der Waals surface area contributed by atoms with Crippen LogP contribution in [0.15, 0.2) is 36.4 Å². The fraction of sp³-hybridized carbons (Fsp3) is 0.278. The van der Waals surface area contributed by atoms with Gasteiger partial charge in [0.1, 0.15) is 17.3 Å². The van der Waals surface area contributed by atoms with Gasteiger partial charge in [0.15, 0.2) is 0 Å². The summed E-state index contributed by atoms with van der Waals surface area (Å²) >= 11 is 0. The summed E-state index contributed by atoms with van der Waals surface area (Å²) in [4.78, 5) is 27.3. The van der Waals surface area contributed by atoms with Gasteiger partial charge in [-0.05, 0) is 31.3 Å². The first-order valence-corrected chi connectivity index (χ1v) is 8.33. The van der Waals surface area contributed by atoms with Crippen LogP contribution in [0.2, 0.25) is 0 Å². The molecule has 142 valence electrons. The van der Waals surface area contributed by atoms with Gasteiger partial charge in [-0.15, -0.1) is 0 Å². The second kappa shape index (κ2) is 7.67. The Balaban J connectivity index is 1.86. The van der Waals surface area contributed by atoms with E-state index in [1.54, 1.807) is 0 Å². The Morgan fingerprint density at radius 2 is 1.81 bits per heavy atom. The molecule has 0 spiro atoms. The third kappa shape index (κ3) is 4.20. The van der Waals surface area contributed by atoms with Crippen molar-refractivity contribution in [1.29, 1.82) is 0 Å². The monoisotopic (exact) mass is 376 g/mol. The summed E-state index contributed by atoms with van der Waals surface area (Å²) in [6.07, 6.45) is 0. The van der Waals surface area contributed by atoms with Crippen LogP contribution in [0.5, 0.6) is 0 Å². The summed E-state index contributed by atoms with van der Waals surface area (Å²) < 4.78 is 26.9. The van der Waals surface area contributed by atoms with Crippen LogP contribution >= 0.6 is 0 Å². The van der Waals surface area contributed by atoms with E-state index in [-0.39, 0.29) is 16.9 Å². The summed E-state index contributed by atoms with van der Waals surface area (Å²) in [5.41, 5.74) is -0.109. The molecule has 0 aliphatic carbocycles. The molecule has 27 heavy (non-hydrogen) atoms. The minimum absolute atomic E-state index is 0.0109. The van der Waals surface area contributed by atoms with E-state index >= 15 is 0 Å². The third-order valence-electron chi connectivity index (χ3n) is 4.45. The van der Waals surface area contributed by atoms with Crippen molar-refractivity contribution >= 4 is 23.0 Å². The molecule has 0 atom stereocenters. The summed E-state index contributed by atoms with van der Waals surface area (Å²) in [5.74, 6) is -2.26. The van der Waals surface area contributed by atoms with Gasteiger partial charge in [-0.2, -0.15) is 0 Å². The molecule has 0 bridgehead atoms. The first-order valence-electron chi connectivity index (χ1n) is 8.33. The van der Waals surface area contributed by atoms with Crippen LogP contribution < -0.4 is 10.2 Å². The zero-order chi connectivity index (χ0) is 19.6. The molecule has 0 aromatic heterocycles. The number of likely N-dealkylation sites (N-methyl/N-ethyl adjacent to an activating group) is 1. The predicted octanol–water partition coefficient (Wildman–Crippen LogP) is 2.88. The highest BCUT2D eigenvalue weighted by Gasteiger charge is 2.24. The van der Waals surface area contributed by atoms with E-state index in [1.807, 2.05) is 11.9 Å². The Morgan fingerprint density at radius 1 is 1.11 bits per heavy atom. The Kier molecular flexibility index (Phi) is 5.31. The summed E-state index contributed by atoms with van der Waals surface area (Å²) in [5, 5.41) is 13.7. The number of nitro groups is 1. The van der Waals surface area contributed by atoms with Crippen LogP contribution in [0, 0.1) is 21.7 Å². The number of benzene rings is 2. The Labute approximate surface area is 154 Å². The number of halogens is 2. The van der Waals surface area contributed by atoms with Crippen LogP contribution in [-0.2, 0) is 0 Å². The highest BCUT2D eigenvalue weighted by molar-refractivity contribution is 6.05. The molecule has 9 heteroatoms. The highest BCUT2D eigenvalue weighted by Crippen LogP contribution is 2.30. The Hall–Kier alpha value is -3.07. The van der Waals surface area contributed by atoms with Crippen molar-refractivity contribution in [2.45, 2.75) is 0 Å². The maximum atomic E-state index is 13.7. The minimum Gasteiger partial charge on any atom is -0.363 e. The molecule has 0 radical (unpaired) electrons. The van der Waals surface area contributed by atoms with Crippen LogP contribution in [0.3, 0.4) is 0 Å². The van der Waals surface area contributed by atoms with Crippen LogP contribution in [-0.4, -0.2) is 49.0 Å². The molecule has 3 rings (SSSR count). The molecule has 0 saturated carbocycles. The zero-order valence-corrected chi connectivity index (χ0v) is 14.6. The first kappa shape index (κ1) is 18.7. The molecule has 1 aliphatic heterocycles. The number of nitro benzene ring substituents is 1. The lowest BCUT2D eigenvalue weighted by Gasteiger charge is -2.33. The molecule has 1 aliphatic rings. The lowest BCUT2D eigenvalue weighted by molar-refractivity contribution is -0.384. The number of hydrogen-bond acceptors (Lipinski definition) is 5. The van der Waals surface area contributed by atoms with E-state index in [2.05, 4.69) is 10.2 Å². The number of anilines is 2. The molecule has 1 saturated heterocycles. The van der Waals surface area contributed by atoms with Gasteiger partial charge in [0, 0.05) is 43.9 Å². The molecule has 7 nitrogen and oxygen atoms in total. The normalized spacial score (nSPS) is 14.9. The van der Waals surface area contributed by atoms with Crippen LogP contribution in [0.4, 0.5) is 25.8 Å². The van der Waals surface area contributed by atoms with E-state index < -0.39 is 22.5 Å². The quantitative estimate of drug-likeness (QED) is 0.656.